The summed E-state index contributed by atoms with van der Waals surface area (Å²) in [5.41, 5.74) is 3.22. The summed E-state index contributed by atoms with van der Waals surface area (Å²) in [4.78, 5) is 6.89. The van der Waals surface area contributed by atoms with Crippen LogP contribution in [0.3, 0.4) is 0 Å². The average Bonchev–Trinajstić information content (AvgIpc) is 3.02. The highest BCUT2D eigenvalue weighted by atomic mass is 35.5. The zero-order valence-corrected chi connectivity index (χ0v) is 16.9. The van der Waals surface area contributed by atoms with Gasteiger partial charge in [-0.15, -0.1) is 0 Å². The third-order valence-corrected chi connectivity index (χ3v) is 5.27. The van der Waals surface area contributed by atoms with Crippen molar-refractivity contribution in [2.24, 2.45) is 0 Å². The molecule has 1 atom stereocenters. The van der Waals surface area contributed by atoms with Crippen LogP contribution in [0, 0.1) is 0 Å². The predicted molar refractivity (Wildman–Crippen MR) is 111 cm³/mol. The second-order valence-corrected chi connectivity index (χ2v) is 7.07. The van der Waals surface area contributed by atoms with E-state index >= 15 is 0 Å². The van der Waals surface area contributed by atoms with Gasteiger partial charge >= 0.3 is 0 Å². The molecular weight excluding hydrogens is 385 g/mol. The molecule has 1 heterocycles. The Hall–Kier alpha value is -1.79. The number of aromatic nitrogens is 2. The Morgan fingerprint density at radius 2 is 1.89 bits per heavy atom. The number of hydrogen-bond acceptors (Lipinski definition) is 4. The highest BCUT2D eigenvalue weighted by molar-refractivity contribution is 6.35. The minimum atomic E-state index is -1.03. The molecule has 0 bridgehead atoms. The van der Waals surface area contributed by atoms with Crippen LogP contribution >= 0.6 is 23.2 Å². The summed E-state index contributed by atoms with van der Waals surface area (Å²) in [6.07, 6.45) is -1.03. The van der Waals surface area contributed by atoms with Gasteiger partial charge < -0.3 is 19.7 Å². The van der Waals surface area contributed by atoms with E-state index in [4.69, 9.17) is 23.2 Å². The van der Waals surface area contributed by atoms with Gasteiger partial charge in [0.25, 0.3) is 0 Å². The first-order chi connectivity index (χ1) is 13.0. The largest absolute Gasteiger partial charge is 0.395 e. The average molecular weight is 408 g/mol. The standard InChI is InChI=1S/C20H23Cl2N3O2/c1-3-24(4-2)17-7-5-6-16-18(17)25(10-11-26)20(23-16)19(27)14-9-8-13(21)12-15(14)22/h5-9,12,19,26-27H,3-4,10-11H2,1-2H3. The Labute approximate surface area is 168 Å². The number of aliphatic hydroxyl groups excluding tert-OH is 2. The molecule has 0 saturated heterocycles. The van der Waals surface area contributed by atoms with Gasteiger partial charge in [0.1, 0.15) is 11.9 Å². The summed E-state index contributed by atoms with van der Waals surface area (Å²) in [6, 6.07) is 10.9. The lowest BCUT2D eigenvalue weighted by Crippen LogP contribution is -2.23. The number of aliphatic hydroxyl groups is 2. The SMILES string of the molecule is CCN(CC)c1cccc2nc(C(O)c3ccc(Cl)cc3Cl)n(CCO)c12. The van der Waals surface area contributed by atoms with Crippen molar-refractivity contribution in [3.05, 3.63) is 57.8 Å². The molecule has 27 heavy (non-hydrogen) atoms. The maximum absolute atomic E-state index is 11.0. The molecule has 0 saturated carbocycles. The van der Waals surface area contributed by atoms with Crippen molar-refractivity contribution in [1.82, 2.24) is 9.55 Å². The molecule has 1 aromatic heterocycles. The van der Waals surface area contributed by atoms with Gasteiger partial charge in [-0.25, -0.2) is 4.98 Å². The predicted octanol–water partition coefficient (Wildman–Crippen LogP) is 4.26. The summed E-state index contributed by atoms with van der Waals surface area (Å²) < 4.78 is 1.87. The summed E-state index contributed by atoms with van der Waals surface area (Å²) >= 11 is 12.3. The van der Waals surface area contributed by atoms with Crippen LogP contribution in [0.2, 0.25) is 10.0 Å². The molecule has 0 aliphatic heterocycles. The van der Waals surface area contributed by atoms with Crippen molar-refractivity contribution < 1.29 is 10.2 Å². The molecule has 0 spiro atoms. The summed E-state index contributed by atoms with van der Waals surface area (Å²) in [7, 11) is 0. The first-order valence-electron chi connectivity index (χ1n) is 8.99. The van der Waals surface area contributed by atoms with Crippen LogP contribution in [-0.2, 0) is 6.54 Å². The molecule has 0 fully saturated rings. The van der Waals surface area contributed by atoms with E-state index in [-0.39, 0.29) is 6.61 Å². The minimum absolute atomic E-state index is 0.0634. The van der Waals surface area contributed by atoms with E-state index < -0.39 is 6.10 Å². The Bertz CT molecular complexity index is 938. The topological polar surface area (TPSA) is 61.5 Å². The van der Waals surface area contributed by atoms with Crippen molar-refractivity contribution in [3.63, 3.8) is 0 Å². The number of para-hydroxylation sites is 1. The number of anilines is 1. The summed E-state index contributed by atoms with van der Waals surface area (Å²) in [6.45, 7) is 6.15. The molecule has 1 unspecified atom stereocenters. The first-order valence-corrected chi connectivity index (χ1v) is 9.75. The molecule has 0 radical (unpaired) electrons. The molecule has 0 amide bonds. The lowest BCUT2D eigenvalue weighted by molar-refractivity contribution is 0.200. The van der Waals surface area contributed by atoms with Gasteiger partial charge in [-0.1, -0.05) is 35.3 Å². The van der Waals surface area contributed by atoms with Gasteiger partial charge in [0, 0.05) is 35.2 Å². The van der Waals surface area contributed by atoms with Crippen LogP contribution in [0.4, 0.5) is 5.69 Å². The Balaban J connectivity index is 2.21. The highest BCUT2D eigenvalue weighted by Gasteiger charge is 2.24. The molecule has 2 aromatic carbocycles. The number of rotatable bonds is 7. The monoisotopic (exact) mass is 407 g/mol. The normalized spacial score (nSPS) is 12.5. The summed E-state index contributed by atoms with van der Waals surface area (Å²) in [5, 5.41) is 21.5. The van der Waals surface area contributed by atoms with E-state index in [1.165, 1.54) is 0 Å². The highest BCUT2D eigenvalue weighted by Crippen LogP contribution is 2.34. The number of hydrogen-bond donors (Lipinski definition) is 2. The Morgan fingerprint density at radius 1 is 1.15 bits per heavy atom. The maximum Gasteiger partial charge on any atom is 0.143 e. The van der Waals surface area contributed by atoms with Crippen molar-refractivity contribution >= 4 is 39.9 Å². The van der Waals surface area contributed by atoms with E-state index in [1.807, 2.05) is 22.8 Å². The number of halogens is 2. The molecular formula is C20H23Cl2N3O2. The molecule has 3 aromatic rings. The maximum atomic E-state index is 11.0. The molecule has 5 nitrogen and oxygen atoms in total. The van der Waals surface area contributed by atoms with Crippen LogP contribution in [0.1, 0.15) is 31.3 Å². The third kappa shape index (κ3) is 3.78. The minimum Gasteiger partial charge on any atom is -0.395 e. The molecule has 0 aliphatic rings. The fourth-order valence-electron chi connectivity index (χ4n) is 3.40. The van der Waals surface area contributed by atoms with Crippen molar-refractivity contribution in [2.45, 2.75) is 26.5 Å². The Kier molecular flexibility index (Phi) is 6.27. The van der Waals surface area contributed by atoms with Crippen LogP contribution in [0.25, 0.3) is 11.0 Å². The van der Waals surface area contributed by atoms with Gasteiger partial charge in [-0.3, -0.25) is 0 Å². The van der Waals surface area contributed by atoms with Crippen molar-refractivity contribution in [3.8, 4) is 0 Å². The van der Waals surface area contributed by atoms with E-state index in [9.17, 15) is 10.2 Å². The molecule has 0 aliphatic carbocycles. The van der Waals surface area contributed by atoms with E-state index in [0.717, 1.165) is 29.8 Å². The van der Waals surface area contributed by atoms with Gasteiger partial charge in [-0.2, -0.15) is 0 Å². The number of fused-ring (bicyclic) bond motifs is 1. The van der Waals surface area contributed by atoms with Gasteiger partial charge in [0.05, 0.1) is 23.3 Å². The molecule has 7 heteroatoms. The first kappa shape index (κ1) is 20.0. The number of nitrogens with zero attached hydrogens (tertiary/aromatic N) is 3. The van der Waals surface area contributed by atoms with Crippen LogP contribution in [-0.4, -0.2) is 39.5 Å². The van der Waals surface area contributed by atoms with Gasteiger partial charge in [-0.05, 0) is 38.1 Å². The fourth-order valence-corrected chi connectivity index (χ4v) is 3.91. The smallest absolute Gasteiger partial charge is 0.143 e. The van der Waals surface area contributed by atoms with Gasteiger partial charge in [0.15, 0.2) is 0 Å². The van der Waals surface area contributed by atoms with E-state index in [1.54, 1.807) is 18.2 Å². The number of imidazole rings is 1. The second kappa shape index (κ2) is 8.48. The van der Waals surface area contributed by atoms with Crippen LogP contribution < -0.4 is 4.90 Å². The molecule has 3 rings (SSSR count). The van der Waals surface area contributed by atoms with E-state index in [2.05, 4.69) is 23.7 Å². The zero-order valence-electron chi connectivity index (χ0n) is 15.4. The van der Waals surface area contributed by atoms with Gasteiger partial charge in [0.2, 0.25) is 0 Å². The molecule has 2 N–H and O–H groups in total. The lowest BCUT2D eigenvalue weighted by Gasteiger charge is -2.23. The summed E-state index contributed by atoms with van der Waals surface area (Å²) in [5.74, 6) is 0.447. The zero-order chi connectivity index (χ0) is 19.6. The second-order valence-electron chi connectivity index (χ2n) is 6.23. The van der Waals surface area contributed by atoms with Crippen LogP contribution in [0.15, 0.2) is 36.4 Å². The molecule has 144 valence electrons. The lowest BCUT2D eigenvalue weighted by atomic mass is 10.1. The quantitative estimate of drug-likeness (QED) is 0.613. The Morgan fingerprint density at radius 3 is 2.52 bits per heavy atom. The van der Waals surface area contributed by atoms with Crippen LogP contribution in [0.5, 0.6) is 0 Å². The van der Waals surface area contributed by atoms with Crippen molar-refractivity contribution in [1.29, 1.82) is 0 Å². The van der Waals surface area contributed by atoms with Crippen molar-refractivity contribution in [2.75, 3.05) is 24.6 Å². The van der Waals surface area contributed by atoms with E-state index in [0.29, 0.717) is 28.0 Å². The third-order valence-electron chi connectivity index (χ3n) is 4.70. The number of benzene rings is 2. The fraction of sp³-hybridized carbons (Fsp3) is 0.350.